The van der Waals surface area contributed by atoms with Crippen molar-refractivity contribution in [2.24, 2.45) is 0 Å². The van der Waals surface area contributed by atoms with Gasteiger partial charge in [-0.3, -0.25) is 14.4 Å². The SMILES string of the molecule is CCc1ccccc1N(CC(=O)Nc1nnc(SC)s1)S(=O)(=O)c1ccccc1. The van der Waals surface area contributed by atoms with Gasteiger partial charge in [-0.1, -0.05) is 66.4 Å². The van der Waals surface area contributed by atoms with Gasteiger partial charge in [-0.15, -0.1) is 10.2 Å². The lowest BCUT2D eigenvalue weighted by Gasteiger charge is -2.26. The normalized spacial score (nSPS) is 11.2. The predicted octanol–water partition coefficient (Wildman–Crippen LogP) is 3.66. The van der Waals surface area contributed by atoms with E-state index in [1.807, 2.05) is 25.3 Å². The van der Waals surface area contributed by atoms with Crippen LogP contribution >= 0.6 is 23.1 Å². The molecule has 0 aliphatic heterocycles. The van der Waals surface area contributed by atoms with Crippen LogP contribution in [0.4, 0.5) is 10.8 Å². The fourth-order valence-corrected chi connectivity index (χ4v) is 5.37. The van der Waals surface area contributed by atoms with Crippen molar-refractivity contribution in [2.45, 2.75) is 22.6 Å². The van der Waals surface area contributed by atoms with Crippen LogP contribution in [-0.2, 0) is 21.2 Å². The van der Waals surface area contributed by atoms with E-state index in [0.29, 0.717) is 21.6 Å². The zero-order valence-corrected chi connectivity index (χ0v) is 18.4. The van der Waals surface area contributed by atoms with Gasteiger partial charge >= 0.3 is 0 Å². The maximum Gasteiger partial charge on any atom is 0.264 e. The van der Waals surface area contributed by atoms with Gasteiger partial charge in [0.05, 0.1) is 10.6 Å². The molecule has 0 saturated heterocycles. The Balaban J connectivity index is 1.96. The van der Waals surface area contributed by atoms with E-state index < -0.39 is 15.9 Å². The average Bonchev–Trinajstić information content (AvgIpc) is 3.20. The highest BCUT2D eigenvalue weighted by molar-refractivity contribution is 8.00. The summed E-state index contributed by atoms with van der Waals surface area (Å²) < 4.78 is 28.6. The molecule has 0 aliphatic rings. The van der Waals surface area contributed by atoms with Crippen molar-refractivity contribution in [2.75, 3.05) is 22.4 Å². The van der Waals surface area contributed by atoms with Crippen LogP contribution in [0.3, 0.4) is 0 Å². The summed E-state index contributed by atoms with van der Waals surface area (Å²) in [5, 5.41) is 10.8. The Morgan fingerprint density at radius 1 is 1.10 bits per heavy atom. The zero-order valence-electron chi connectivity index (χ0n) is 15.9. The maximum absolute atomic E-state index is 13.4. The third-order valence-electron chi connectivity index (χ3n) is 4.09. The molecule has 0 saturated carbocycles. The van der Waals surface area contributed by atoms with Crippen LogP contribution < -0.4 is 9.62 Å². The van der Waals surface area contributed by atoms with Gasteiger partial charge in [-0.25, -0.2) is 8.42 Å². The Morgan fingerprint density at radius 3 is 2.45 bits per heavy atom. The third kappa shape index (κ3) is 4.95. The van der Waals surface area contributed by atoms with E-state index in [2.05, 4.69) is 15.5 Å². The van der Waals surface area contributed by atoms with E-state index in [1.54, 1.807) is 30.3 Å². The van der Waals surface area contributed by atoms with Crippen molar-refractivity contribution in [3.63, 3.8) is 0 Å². The number of para-hydroxylation sites is 1. The fraction of sp³-hybridized carbons (Fsp3) is 0.211. The first-order valence-electron chi connectivity index (χ1n) is 8.78. The van der Waals surface area contributed by atoms with Gasteiger partial charge in [0.25, 0.3) is 10.0 Å². The van der Waals surface area contributed by atoms with E-state index in [9.17, 15) is 13.2 Å². The fourth-order valence-electron chi connectivity index (χ4n) is 2.70. The summed E-state index contributed by atoms with van der Waals surface area (Å²) in [7, 11) is -3.94. The van der Waals surface area contributed by atoms with E-state index in [0.717, 1.165) is 9.87 Å². The van der Waals surface area contributed by atoms with Crippen LogP contribution in [0, 0.1) is 0 Å². The van der Waals surface area contributed by atoms with Crippen molar-refractivity contribution in [3.8, 4) is 0 Å². The Morgan fingerprint density at radius 2 is 1.79 bits per heavy atom. The van der Waals surface area contributed by atoms with Gasteiger partial charge in [0.1, 0.15) is 6.54 Å². The molecular formula is C19H20N4O3S3. The highest BCUT2D eigenvalue weighted by atomic mass is 32.2. The van der Waals surface area contributed by atoms with Crippen LogP contribution in [0.1, 0.15) is 12.5 Å². The number of aryl methyl sites for hydroxylation is 1. The van der Waals surface area contributed by atoms with Gasteiger partial charge < -0.3 is 0 Å². The molecule has 152 valence electrons. The monoisotopic (exact) mass is 448 g/mol. The van der Waals surface area contributed by atoms with E-state index in [4.69, 9.17) is 0 Å². The highest BCUT2D eigenvalue weighted by Gasteiger charge is 2.28. The molecule has 1 aromatic heterocycles. The molecule has 0 unspecified atom stereocenters. The number of benzene rings is 2. The number of amides is 1. The van der Waals surface area contributed by atoms with Crippen LogP contribution in [0.5, 0.6) is 0 Å². The van der Waals surface area contributed by atoms with Gasteiger partial charge in [-0.2, -0.15) is 0 Å². The zero-order chi connectivity index (χ0) is 20.9. The first kappa shape index (κ1) is 21.3. The second-order valence-corrected chi connectivity index (χ2v) is 9.83. The Kier molecular flexibility index (Phi) is 6.88. The lowest BCUT2D eigenvalue weighted by atomic mass is 10.1. The Hall–Kier alpha value is -2.43. The number of aromatic nitrogens is 2. The van der Waals surface area contributed by atoms with Gasteiger partial charge in [0, 0.05) is 0 Å². The number of nitrogens with zero attached hydrogens (tertiary/aromatic N) is 3. The van der Waals surface area contributed by atoms with Crippen LogP contribution in [0.2, 0.25) is 0 Å². The summed E-state index contributed by atoms with van der Waals surface area (Å²) in [5.74, 6) is -0.487. The minimum Gasteiger partial charge on any atom is -0.299 e. The molecule has 1 heterocycles. The smallest absolute Gasteiger partial charge is 0.264 e. The standard InChI is InChI=1S/C19H20N4O3S3/c1-3-14-9-7-8-12-16(14)23(29(25,26)15-10-5-4-6-11-15)13-17(24)20-18-21-22-19(27-2)28-18/h4-12H,3,13H2,1-2H3,(H,20,21,24). The molecule has 3 aromatic rings. The van der Waals surface area contributed by atoms with Crippen LogP contribution in [-0.4, -0.2) is 37.3 Å². The van der Waals surface area contributed by atoms with E-state index in [-0.39, 0.29) is 11.4 Å². The number of thioether (sulfide) groups is 1. The van der Waals surface area contributed by atoms with Crippen LogP contribution in [0.15, 0.2) is 63.8 Å². The predicted molar refractivity (Wildman–Crippen MR) is 117 cm³/mol. The Labute approximate surface area is 178 Å². The van der Waals surface area contributed by atoms with Crippen molar-refractivity contribution in [3.05, 3.63) is 60.2 Å². The molecular weight excluding hydrogens is 428 g/mol. The quantitative estimate of drug-likeness (QED) is 0.418. The molecule has 1 N–H and O–H groups in total. The third-order valence-corrected chi connectivity index (χ3v) is 7.68. The summed E-state index contributed by atoms with van der Waals surface area (Å²) >= 11 is 2.66. The number of nitrogens with one attached hydrogen (secondary N) is 1. The summed E-state index contributed by atoms with van der Waals surface area (Å²) in [6.07, 6.45) is 2.49. The molecule has 2 aromatic carbocycles. The first-order chi connectivity index (χ1) is 14.0. The lowest BCUT2D eigenvalue weighted by molar-refractivity contribution is -0.114. The number of hydrogen-bond acceptors (Lipinski definition) is 7. The van der Waals surface area contributed by atoms with Crippen molar-refractivity contribution in [1.29, 1.82) is 0 Å². The highest BCUT2D eigenvalue weighted by Crippen LogP contribution is 2.28. The molecule has 0 fully saturated rings. The molecule has 0 aliphatic carbocycles. The van der Waals surface area contributed by atoms with Crippen LogP contribution in [0.25, 0.3) is 0 Å². The summed E-state index contributed by atoms with van der Waals surface area (Å²) in [6, 6.07) is 15.3. The molecule has 0 radical (unpaired) electrons. The summed E-state index contributed by atoms with van der Waals surface area (Å²) in [5.41, 5.74) is 1.32. The van der Waals surface area contributed by atoms with Crippen molar-refractivity contribution in [1.82, 2.24) is 10.2 Å². The average molecular weight is 449 g/mol. The van der Waals surface area contributed by atoms with Gasteiger partial charge in [0.15, 0.2) is 4.34 Å². The van der Waals surface area contributed by atoms with Gasteiger partial charge in [0.2, 0.25) is 11.0 Å². The number of rotatable bonds is 8. The van der Waals surface area contributed by atoms with Crippen molar-refractivity contribution < 1.29 is 13.2 Å². The first-order valence-corrected chi connectivity index (χ1v) is 12.3. The Bertz CT molecular complexity index is 1080. The second kappa shape index (κ2) is 9.38. The molecule has 3 rings (SSSR count). The van der Waals surface area contributed by atoms with Gasteiger partial charge in [-0.05, 0) is 36.4 Å². The summed E-state index contributed by atoms with van der Waals surface area (Å²) in [6.45, 7) is 1.57. The summed E-state index contributed by atoms with van der Waals surface area (Å²) in [4.78, 5) is 12.8. The maximum atomic E-state index is 13.4. The number of carbonyl (C=O) groups excluding carboxylic acids is 1. The molecule has 29 heavy (non-hydrogen) atoms. The van der Waals surface area contributed by atoms with Crippen molar-refractivity contribution >= 4 is 49.8 Å². The molecule has 0 spiro atoms. The molecule has 1 amide bonds. The number of anilines is 2. The molecule has 10 heteroatoms. The molecule has 0 atom stereocenters. The molecule has 7 nitrogen and oxygen atoms in total. The second-order valence-electron chi connectivity index (χ2n) is 5.93. The lowest BCUT2D eigenvalue weighted by Crippen LogP contribution is -2.38. The van der Waals surface area contributed by atoms with E-state index >= 15 is 0 Å². The number of sulfonamides is 1. The molecule has 0 bridgehead atoms. The van der Waals surface area contributed by atoms with E-state index in [1.165, 1.54) is 35.2 Å². The minimum absolute atomic E-state index is 0.124. The number of carbonyl (C=O) groups is 1. The largest absolute Gasteiger partial charge is 0.299 e. The minimum atomic E-state index is -3.94. The number of hydrogen-bond donors (Lipinski definition) is 1. The topological polar surface area (TPSA) is 92.3 Å².